The zero-order valence-corrected chi connectivity index (χ0v) is 10.8. The largest absolute Gasteiger partial charge is 0.409 e. The molecule has 98 valence electrons. The Morgan fingerprint density at radius 1 is 1.50 bits per heavy atom. The number of carbonyl (C=O) groups is 1. The fraction of sp³-hybridized carbons (Fsp3) is 0.333. The van der Waals surface area contributed by atoms with Crippen LogP contribution in [-0.2, 0) is 11.2 Å². The van der Waals surface area contributed by atoms with Crippen molar-refractivity contribution in [2.75, 3.05) is 6.54 Å². The smallest absolute Gasteiger partial charge is 0.230 e. The first-order valence-electron chi connectivity index (χ1n) is 5.54. The van der Waals surface area contributed by atoms with E-state index in [1.165, 1.54) is 0 Å². The summed E-state index contributed by atoms with van der Waals surface area (Å²) in [6, 6.07) is 7.42. The van der Waals surface area contributed by atoms with Gasteiger partial charge in [-0.1, -0.05) is 28.9 Å². The number of benzene rings is 1. The quantitative estimate of drug-likeness (QED) is 0.327. The number of hydrogen-bond donors (Lipinski definition) is 3. The van der Waals surface area contributed by atoms with E-state index in [0.29, 0.717) is 18.0 Å². The van der Waals surface area contributed by atoms with Crippen molar-refractivity contribution < 1.29 is 10.0 Å². The van der Waals surface area contributed by atoms with Crippen molar-refractivity contribution in [1.82, 2.24) is 5.32 Å². The molecule has 18 heavy (non-hydrogen) atoms. The second-order valence-electron chi connectivity index (χ2n) is 3.91. The number of rotatable bonds is 5. The van der Waals surface area contributed by atoms with Crippen LogP contribution in [0.1, 0.15) is 12.5 Å². The monoisotopic (exact) mass is 269 g/mol. The van der Waals surface area contributed by atoms with Gasteiger partial charge in [0.1, 0.15) is 0 Å². The molecule has 1 rings (SSSR count). The van der Waals surface area contributed by atoms with Crippen molar-refractivity contribution >= 4 is 23.3 Å². The molecule has 1 aromatic rings. The summed E-state index contributed by atoms with van der Waals surface area (Å²) < 4.78 is 0. The van der Waals surface area contributed by atoms with Gasteiger partial charge >= 0.3 is 0 Å². The van der Waals surface area contributed by atoms with Gasteiger partial charge in [0.2, 0.25) is 5.91 Å². The highest BCUT2D eigenvalue weighted by Gasteiger charge is 2.16. The topological polar surface area (TPSA) is 87.7 Å². The summed E-state index contributed by atoms with van der Waals surface area (Å²) in [5.74, 6) is -1.00. The Bertz CT molecular complexity index is 431. The Morgan fingerprint density at radius 3 is 2.67 bits per heavy atom. The molecule has 1 unspecified atom stereocenters. The van der Waals surface area contributed by atoms with E-state index in [9.17, 15) is 4.79 Å². The molecule has 0 aromatic heterocycles. The molecule has 0 fully saturated rings. The summed E-state index contributed by atoms with van der Waals surface area (Å²) in [6.45, 7) is 2.07. The van der Waals surface area contributed by atoms with Crippen molar-refractivity contribution in [2.45, 2.75) is 13.3 Å². The molecule has 4 N–H and O–H groups in total. The van der Waals surface area contributed by atoms with E-state index in [0.717, 1.165) is 5.56 Å². The lowest BCUT2D eigenvalue weighted by atomic mass is 10.1. The predicted molar refractivity (Wildman–Crippen MR) is 70.7 cm³/mol. The van der Waals surface area contributed by atoms with Gasteiger partial charge in [0.15, 0.2) is 5.84 Å². The minimum Gasteiger partial charge on any atom is -0.409 e. The summed E-state index contributed by atoms with van der Waals surface area (Å²) in [4.78, 5) is 11.6. The Morgan fingerprint density at radius 2 is 2.11 bits per heavy atom. The maximum Gasteiger partial charge on any atom is 0.230 e. The molecule has 5 nitrogen and oxygen atoms in total. The third kappa shape index (κ3) is 4.25. The number of amidine groups is 1. The van der Waals surface area contributed by atoms with E-state index < -0.39 is 5.92 Å². The first-order chi connectivity index (χ1) is 8.54. The molecule has 0 saturated heterocycles. The lowest BCUT2D eigenvalue weighted by Crippen LogP contribution is -2.38. The molecule has 1 aromatic carbocycles. The minimum atomic E-state index is -0.639. The molecule has 0 aliphatic rings. The van der Waals surface area contributed by atoms with Gasteiger partial charge in [-0.3, -0.25) is 4.79 Å². The summed E-state index contributed by atoms with van der Waals surface area (Å²) in [5, 5.41) is 14.7. The standard InChI is InChI=1S/C12H16ClN3O2/c1-8(11(14)16-18)12(17)15-7-6-9-2-4-10(13)5-3-9/h2-5,8,18H,6-7H2,1H3,(H2,14,16)(H,15,17). The van der Waals surface area contributed by atoms with Gasteiger partial charge in [-0.25, -0.2) is 0 Å². The predicted octanol–water partition coefficient (Wildman–Crippen LogP) is 1.38. The molecular weight excluding hydrogens is 254 g/mol. The minimum absolute atomic E-state index is 0.0982. The van der Waals surface area contributed by atoms with E-state index >= 15 is 0 Å². The fourth-order valence-electron chi connectivity index (χ4n) is 1.36. The number of nitrogens with zero attached hydrogens (tertiary/aromatic N) is 1. The normalized spacial score (nSPS) is 13.1. The van der Waals surface area contributed by atoms with Gasteiger partial charge in [0.05, 0.1) is 5.92 Å². The second-order valence-corrected chi connectivity index (χ2v) is 4.35. The van der Waals surface area contributed by atoms with Crippen molar-refractivity contribution in [3.63, 3.8) is 0 Å². The Hall–Kier alpha value is -1.75. The van der Waals surface area contributed by atoms with Crippen LogP contribution in [0.2, 0.25) is 5.02 Å². The second kappa shape index (κ2) is 6.86. The van der Waals surface area contributed by atoms with Crippen molar-refractivity contribution in [3.8, 4) is 0 Å². The zero-order chi connectivity index (χ0) is 13.5. The summed E-state index contributed by atoms with van der Waals surface area (Å²) in [5.41, 5.74) is 6.42. The van der Waals surface area contributed by atoms with Crippen LogP contribution in [-0.4, -0.2) is 23.5 Å². The van der Waals surface area contributed by atoms with Crippen LogP contribution in [0, 0.1) is 5.92 Å². The Balaban J connectivity index is 2.38. The molecule has 0 saturated carbocycles. The fourth-order valence-corrected chi connectivity index (χ4v) is 1.48. The molecule has 0 radical (unpaired) electrons. The van der Waals surface area contributed by atoms with Crippen LogP contribution in [0.15, 0.2) is 29.4 Å². The van der Waals surface area contributed by atoms with Gasteiger partial charge in [-0.05, 0) is 31.0 Å². The first-order valence-corrected chi connectivity index (χ1v) is 5.92. The average Bonchev–Trinajstić information content (AvgIpc) is 2.39. The average molecular weight is 270 g/mol. The summed E-state index contributed by atoms with van der Waals surface area (Å²) in [6.07, 6.45) is 0.700. The Kier molecular flexibility index (Phi) is 5.45. The SMILES string of the molecule is CC(C(=O)NCCc1ccc(Cl)cc1)C(N)=NO. The van der Waals surface area contributed by atoms with Crippen LogP contribution >= 0.6 is 11.6 Å². The molecule has 0 aliphatic carbocycles. The number of hydrogen-bond acceptors (Lipinski definition) is 3. The molecule has 0 spiro atoms. The highest BCUT2D eigenvalue weighted by atomic mass is 35.5. The van der Waals surface area contributed by atoms with E-state index in [1.54, 1.807) is 19.1 Å². The zero-order valence-electron chi connectivity index (χ0n) is 10.1. The lowest BCUT2D eigenvalue weighted by Gasteiger charge is -2.10. The molecule has 6 heteroatoms. The first kappa shape index (κ1) is 14.3. The number of amides is 1. The maximum atomic E-state index is 11.6. The highest BCUT2D eigenvalue weighted by molar-refractivity contribution is 6.30. The van der Waals surface area contributed by atoms with E-state index in [4.69, 9.17) is 22.5 Å². The molecule has 0 bridgehead atoms. The van der Waals surface area contributed by atoms with Crippen LogP contribution in [0.5, 0.6) is 0 Å². The lowest BCUT2D eigenvalue weighted by molar-refractivity contribution is -0.122. The van der Waals surface area contributed by atoms with E-state index in [2.05, 4.69) is 10.5 Å². The summed E-state index contributed by atoms with van der Waals surface area (Å²) >= 11 is 5.77. The van der Waals surface area contributed by atoms with Crippen LogP contribution in [0.25, 0.3) is 0 Å². The molecule has 1 atom stereocenters. The van der Waals surface area contributed by atoms with Gasteiger partial charge in [-0.2, -0.15) is 0 Å². The van der Waals surface area contributed by atoms with Crippen molar-refractivity contribution in [3.05, 3.63) is 34.9 Å². The summed E-state index contributed by atoms with van der Waals surface area (Å²) in [7, 11) is 0. The van der Waals surface area contributed by atoms with Gasteiger partial charge in [0, 0.05) is 11.6 Å². The van der Waals surface area contributed by atoms with Gasteiger partial charge < -0.3 is 16.3 Å². The number of nitrogens with two attached hydrogens (primary N) is 1. The van der Waals surface area contributed by atoms with Crippen LogP contribution in [0.4, 0.5) is 0 Å². The third-order valence-corrected chi connectivity index (χ3v) is 2.83. The van der Waals surface area contributed by atoms with Crippen LogP contribution < -0.4 is 11.1 Å². The molecule has 0 heterocycles. The van der Waals surface area contributed by atoms with Crippen molar-refractivity contribution in [1.29, 1.82) is 0 Å². The molecular formula is C12H16ClN3O2. The maximum absolute atomic E-state index is 11.6. The number of carbonyl (C=O) groups excluding carboxylic acids is 1. The van der Waals surface area contributed by atoms with E-state index in [1.807, 2.05) is 12.1 Å². The number of oxime groups is 1. The Labute approximate surface area is 111 Å². The molecule has 0 aliphatic heterocycles. The van der Waals surface area contributed by atoms with E-state index in [-0.39, 0.29) is 11.7 Å². The molecule has 1 amide bonds. The van der Waals surface area contributed by atoms with Crippen LogP contribution in [0.3, 0.4) is 0 Å². The van der Waals surface area contributed by atoms with Gasteiger partial charge in [0.25, 0.3) is 0 Å². The number of nitrogens with one attached hydrogen (secondary N) is 1. The van der Waals surface area contributed by atoms with Crippen molar-refractivity contribution in [2.24, 2.45) is 16.8 Å². The van der Waals surface area contributed by atoms with Gasteiger partial charge in [-0.15, -0.1) is 0 Å². The third-order valence-electron chi connectivity index (χ3n) is 2.58. The number of halogens is 1. The highest BCUT2D eigenvalue weighted by Crippen LogP contribution is 2.09.